The lowest BCUT2D eigenvalue weighted by Gasteiger charge is -2.48. The van der Waals surface area contributed by atoms with Crippen LogP contribution in [0.2, 0.25) is 36.3 Å². The van der Waals surface area contributed by atoms with E-state index in [1.165, 1.54) is 0 Å². The summed E-state index contributed by atoms with van der Waals surface area (Å²) >= 11 is 0. The Morgan fingerprint density at radius 1 is 0.913 bits per heavy atom. The summed E-state index contributed by atoms with van der Waals surface area (Å²) in [6.45, 7) is 24.5. The monoisotopic (exact) mass is 359 g/mol. The number of amides is 1. The fourth-order valence-electron chi connectivity index (χ4n) is 2.11. The molecule has 0 fully saturated rings. The quantitative estimate of drug-likeness (QED) is 0.679. The number of carbonyl (C=O) groups excluding carboxylic acids is 2. The van der Waals surface area contributed by atoms with E-state index in [1.54, 1.807) is 13.8 Å². The summed E-state index contributed by atoms with van der Waals surface area (Å²) in [6.07, 6.45) is 0. The molecule has 0 aromatic carbocycles. The van der Waals surface area contributed by atoms with Crippen LogP contribution in [0.4, 0.5) is 0 Å². The van der Waals surface area contributed by atoms with Crippen LogP contribution in [0.3, 0.4) is 0 Å². The van der Waals surface area contributed by atoms with E-state index >= 15 is 0 Å². The maximum atomic E-state index is 12.8. The second kappa shape index (κ2) is 6.71. The van der Waals surface area contributed by atoms with E-state index < -0.39 is 22.6 Å². The van der Waals surface area contributed by atoms with Crippen LogP contribution in [0.1, 0.15) is 55.4 Å². The topological polar surface area (TPSA) is 46.6 Å². The molecule has 1 unspecified atom stereocenters. The number of hydrogen-bond donors (Lipinski definition) is 0. The van der Waals surface area contributed by atoms with Crippen molar-refractivity contribution in [3.63, 3.8) is 0 Å². The van der Waals surface area contributed by atoms with Crippen LogP contribution in [0, 0.1) is 0 Å². The molecule has 136 valence electrons. The number of rotatable bonds is 4. The summed E-state index contributed by atoms with van der Waals surface area (Å²) in [5.74, 6) is -0.312. The second-order valence-corrected chi connectivity index (χ2v) is 19.4. The van der Waals surface area contributed by atoms with Gasteiger partial charge in [0.05, 0.1) is 0 Å². The molecule has 1 amide bonds. The largest absolute Gasteiger partial charge is 0.518 e. The molecule has 23 heavy (non-hydrogen) atoms. The van der Waals surface area contributed by atoms with Crippen LogP contribution in [0.25, 0.3) is 0 Å². The molecule has 0 aromatic rings. The molecule has 0 saturated carbocycles. The van der Waals surface area contributed by atoms with Crippen molar-refractivity contribution in [1.29, 1.82) is 0 Å². The number of nitrogens with zero attached hydrogens (tertiary/aromatic N) is 1. The van der Waals surface area contributed by atoms with Crippen LogP contribution < -0.4 is 0 Å². The molecule has 0 radical (unpaired) electrons. The zero-order valence-corrected chi connectivity index (χ0v) is 19.2. The van der Waals surface area contributed by atoms with Gasteiger partial charge < -0.3 is 8.99 Å². The summed E-state index contributed by atoms with van der Waals surface area (Å²) in [4.78, 5) is 25.1. The van der Waals surface area contributed by atoms with Gasteiger partial charge in [-0.2, -0.15) is 0 Å². The summed E-state index contributed by atoms with van der Waals surface area (Å²) in [6, 6.07) is -0.539. The molecule has 0 bridgehead atoms. The Balaban J connectivity index is 5.57. The molecule has 1 atom stereocenters. The summed E-state index contributed by atoms with van der Waals surface area (Å²) in [7, 11) is -4.33. The molecule has 0 aliphatic rings. The third kappa shape index (κ3) is 4.92. The van der Waals surface area contributed by atoms with Crippen molar-refractivity contribution in [3.05, 3.63) is 0 Å². The van der Waals surface area contributed by atoms with Gasteiger partial charge in [0.25, 0.3) is 8.32 Å². The lowest BCUT2D eigenvalue weighted by atomic mass is 10.2. The van der Waals surface area contributed by atoms with Crippen molar-refractivity contribution in [2.45, 2.75) is 97.7 Å². The molecule has 4 nitrogen and oxygen atoms in total. The van der Waals surface area contributed by atoms with E-state index in [0.717, 1.165) is 0 Å². The zero-order valence-electron chi connectivity index (χ0n) is 17.2. The standard InChI is InChI=1S/C17H37NO3Si2/c1-13(15(20)21-23(11,12)17(6,7)8)18(14(2)19)22(9,10)16(3,4)5/h13H,1-12H3. The lowest BCUT2D eigenvalue weighted by Crippen LogP contribution is -2.62. The van der Waals surface area contributed by atoms with E-state index in [-0.39, 0.29) is 22.0 Å². The lowest BCUT2D eigenvalue weighted by molar-refractivity contribution is -0.144. The molecule has 0 spiro atoms. The fourth-order valence-corrected chi connectivity index (χ4v) is 5.67. The molecule has 0 aliphatic carbocycles. The van der Waals surface area contributed by atoms with Crippen molar-refractivity contribution in [1.82, 2.24) is 4.57 Å². The Morgan fingerprint density at radius 3 is 1.57 bits per heavy atom. The smallest absolute Gasteiger partial charge is 0.314 e. The predicted molar refractivity (Wildman–Crippen MR) is 102 cm³/mol. The maximum Gasteiger partial charge on any atom is 0.314 e. The molecule has 0 aromatic heterocycles. The van der Waals surface area contributed by atoms with Gasteiger partial charge in [-0.3, -0.25) is 9.59 Å². The van der Waals surface area contributed by atoms with Gasteiger partial charge in [-0.15, -0.1) is 0 Å². The Labute approximate surface area is 145 Å². The highest BCUT2D eigenvalue weighted by atomic mass is 28.4. The van der Waals surface area contributed by atoms with Gasteiger partial charge in [0.15, 0.2) is 8.24 Å². The highest BCUT2D eigenvalue weighted by Gasteiger charge is 2.48. The first-order valence-corrected chi connectivity index (χ1v) is 14.2. The van der Waals surface area contributed by atoms with E-state index in [1.807, 2.05) is 4.57 Å². The Kier molecular flexibility index (Phi) is 6.52. The first-order valence-electron chi connectivity index (χ1n) is 8.39. The van der Waals surface area contributed by atoms with Crippen molar-refractivity contribution >= 4 is 28.4 Å². The summed E-state index contributed by atoms with van der Waals surface area (Å²) in [5.41, 5.74) is 0. The van der Waals surface area contributed by atoms with Crippen LogP contribution in [0.5, 0.6) is 0 Å². The van der Waals surface area contributed by atoms with E-state index in [9.17, 15) is 9.59 Å². The third-order valence-corrected chi connectivity index (χ3v) is 15.6. The van der Waals surface area contributed by atoms with Gasteiger partial charge in [0.1, 0.15) is 6.04 Å². The fraction of sp³-hybridized carbons (Fsp3) is 0.882. The van der Waals surface area contributed by atoms with Crippen molar-refractivity contribution in [2.75, 3.05) is 0 Å². The first-order chi connectivity index (χ1) is 9.86. The SMILES string of the molecule is CC(=O)N(C(C)C(=O)O[Si](C)(C)C(C)(C)C)[Si](C)(C)C(C)(C)C. The normalized spacial score (nSPS) is 15.1. The predicted octanol–water partition coefficient (Wildman–Crippen LogP) is 4.78. The van der Waals surface area contributed by atoms with Gasteiger partial charge >= 0.3 is 5.97 Å². The molecule has 0 rings (SSSR count). The van der Waals surface area contributed by atoms with E-state index in [0.29, 0.717) is 0 Å². The second-order valence-electron chi connectivity index (χ2n) is 9.56. The number of carbonyl (C=O) groups is 2. The van der Waals surface area contributed by atoms with Crippen molar-refractivity contribution < 1.29 is 14.0 Å². The van der Waals surface area contributed by atoms with Crippen LogP contribution in [-0.4, -0.2) is 39.0 Å². The van der Waals surface area contributed by atoms with E-state index in [4.69, 9.17) is 4.43 Å². The maximum absolute atomic E-state index is 12.8. The van der Waals surface area contributed by atoms with Crippen molar-refractivity contribution in [3.8, 4) is 0 Å². The highest BCUT2D eigenvalue weighted by molar-refractivity contribution is 6.79. The van der Waals surface area contributed by atoms with Crippen LogP contribution in [-0.2, 0) is 14.0 Å². The first kappa shape index (κ1) is 22.4. The van der Waals surface area contributed by atoms with Gasteiger partial charge in [-0.05, 0) is 30.1 Å². The van der Waals surface area contributed by atoms with E-state index in [2.05, 4.69) is 67.7 Å². The van der Waals surface area contributed by atoms with Gasteiger partial charge in [-0.25, -0.2) is 0 Å². The van der Waals surface area contributed by atoms with Gasteiger partial charge in [0, 0.05) is 6.92 Å². The molecular weight excluding hydrogens is 322 g/mol. The third-order valence-electron chi connectivity index (χ3n) is 5.67. The van der Waals surface area contributed by atoms with Gasteiger partial charge in [0.2, 0.25) is 5.91 Å². The average molecular weight is 360 g/mol. The minimum atomic E-state index is -2.19. The average Bonchev–Trinajstić information content (AvgIpc) is 2.23. The molecule has 0 N–H and O–H groups in total. The highest BCUT2D eigenvalue weighted by Crippen LogP contribution is 2.40. The summed E-state index contributed by atoms with van der Waals surface area (Å²) in [5, 5.41) is -0.0649. The van der Waals surface area contributed by atoms with Crippen molar-refractivity contribution in [2.24, 2.45) is 0 Å². The Morgan fingerprint density at radius 2 is 1.30 bits per heavy atom. The molecule has 6 heteroatoms. The minimum Gasteiger partial charge on any atom is -0.518 e. The Hall–Kier alpha value is -0.626. The number of hydrogen-bond acceptors (Lipinski definition) is 3. The summed E-state index contributed by atoms with van der Waals surface area (Å²) < 4.78 is 7.74. The van der Waals surface area contributed by atoms with Gasteiger partial charge in [-0.1, -0.05) is 54.6 Å². The molecular formula is C17H37NO3Si2. The Bertz CT molecular complexity index is 459. The van der Waals surface area contributed by atoms with Crippen LogP contribution in [0.15, 0.2) is 0 Å². The van der Waals surface area contributed by atoms with Crippen LogP contribution >= 0.6 is 0 Å². The minimum absolute atomic E-state index is 0.0236. The molecule has 0 saturated heterocycles. The molecule has 0 aliphatic heterocycles. The molecule has 0 heterocycles. The zero-order chi connectivity index (χ0) is 19.0.